The SMILES string of the molecule is Br.Br.CN1C(=O)CCc2ccc(NC(=O)c3ccccc3NC3(CN4CCCC4)CCCCC3)cc21. The van der Waals surface area contributed by atoms with Crippen LogP contribution in [0.3, 0.4) is 0 Å². The lowest BCUT2D eigenvalue weighted by Gasteiger charge is -2.42. The first kappa shape index (κ1) is 28.7. The Bertz CT molecular complexity index is 1070. The number of amides is 2. The highest BCUT2D eigenvalue weighted by Gasteiger charge is 2.35. The molecule has 1 saturated carbocycles. The fourth-order valence-corrected chi connectivity index (χ4v) is 5.90. The van der Waals surface area contributed by atoms with E-state index in [2.05, 4.69) is 15.5 Å². The summed E-state index contributed by atoms with van der Waals surface area (Å²) >= 11 is 0. The van der Waals surface area contributed by atoms with E-state index in [-0.39, 0.29) is 51.3 Å². The van der Waals surface area contributed by atoms with Crippen molar-refractivity contribution in [3.05, 3.63) is 53.6 Å². The minimum Gasteiger partial charge on any atom is -0.378 e. The van der Waals surface area contributed by atoms with E-state index in [9.17, 15) is 9.59 Å². The fraction of sp³-hybridized carbons (Fsp3) is 0.500. The lowest BCUT2D eigenvalue weighted by molar-refractivity contribution is -0.118. The molecule has 2 amide bonds. The van der Waals surface area contributed by atoms with Gasteiger partial charge in [0.2, 0.25) is 5.91 Å². The van der Waals surface area contributed by atoms with Crippen LogP contribution in [0.1, 0.15) is 67.3 Å². The van der Waals surface area contributed by atoms with E-state index in [1.165, 1.54) is 45.2 Å². The maximum absolute atomic E-state index is 13.4. The standard InChI is InChI=1S/C28H36N4O2.2BrH/c1-31-25-19-22(13-11-21(25)12-14-26(31)33)29-27(34)23-9-3-4-10-24(23)30-28(15-5-2-6-16-28)20-32-17-7-8-18-32;;/h3-4,9-11,13,19,30H,2,5-8,12,14-18,20H2,1H3,(H,29,34);2*1H. The first-order valence-corrected chi connectivity index (χ1v) is 12.8. The van der Waals surface area contributed by atoms with Crippen LogP contribution in [0.25, 0.3) is 0 Å². The van der Waals surface area contributed by atoms with E-state index in [1.807, 2.05) is 42.5 Å². The molecule has 6 nitrogen and oxygen atoms in total. The van der Waals surface area contributed by atoms with Crippen LogP contribution in [-0.4, -0.2) is 48.9 Å². The van der Waals surface area contributed by atoms with Crippen LogP contribution in [0.4, 0.5) is 17.1 Å². The molecule has 2 N–H and O–H groups in total. The van der Waals surface area contributed by atoms with Crippen LogP contribution in [0, 0.1) is 0 Å². The Morgan fingerprint density at radius 2 is 1.67 bits per heavy atom. The van der Waals surface area contributed by atoms with Gasteiger partial charge in [-0.25, -0.2) is 0 Å². The molecule has 36 heavy (non-hydrogen) atoms. The zero-order valence-corrected chi connectivity index (χ0v) is 24.5. The summed E-state index contributed by atoms with van der Waals surface area (Å²) in [4.78, 5) is 29.8. The number of nitrogens with zero attached hydrogens (tertiary/aromatic N) is 2. The number of fused-ring (bicyclic) bond motifs is 1. The highest BCUT2D eigenvalue weighted by Crippen LogP contribution is 2.35. The van der Waals surface area contributed by atoms with Gasteiger partial charge >= 0.3 is 0 Å². The molecule has 0 radical (unpaired) electrons. The number of rotatable bonds is 6. The molecule has 2 fully saturated rings. The minimum atomic E-state index is -0.125. The van der Waals surface area contributed by atoms with E-state index < -0.39 is 0 Å². The van der Waals surface area contributed by atoms with Crippen LogP contribution >= 0.6 is 34.0 Å². The average molecular weight is 622 g/mol. The largest absolute Gasteiger partial charge is 0.378 e. The monoisotopic (exact) mass is 620 g/mol. The number of likely N-dealkylation sites (tertiary alicyclic amines) is 1. The van der Waals surface area contributed by atoms with Crippen molar-refractivity contribution >= 4 is 62.8 Å². The second kappa shape index (κ2) is 12.6. The Morgan fingerprint density at radius 3 is 2.42 bits per heavy atom. The van der Waals surface area contributed by atoms with Gasteiger partial charge in [-0.05, 0) is 75.0 Å². The summed E-state index contributed by atoms with van der Waals surface area (Å²) in [6.07, 6.45) is 9.91. The van der Waals surface area contributed by atoms with Crippen LogP contribution in [-0.2, 0) is 11.2 Å². The second-order valence-corrected chi connectivity index (χ2v) is 10.2. The van der Waals surface area contributed by atoms with Gasteiger partial charge in [0.1, 0.15) is 0 Å². The molecule has 2 aromatic carbocycles. The summed E-state index contributed by atoms with van der Waals surface area (Å²) in [7, 11) is 1.80. The van der Waals surface area contributed by atoms with Crippen LogP contribution in [0.15, 0.2) is 42.5 Å². The summed E-state index contributed by atoms with van der Waals surface area (Å²) in [6.45, 7) is 3.41. The number of anilines is 3. The molecule has 2 heterocycles. The number of aryl methyl sites for hydroxylation is 1. The number of hydrogen-bond donors (Lipinski definition) is 2. The van der Waals surface area contributed by atoms with Crippen molar-refractivity contribution in [2.75, 3.05) is 42.2 Å². The zero-order chi connectivity index (χ0) is 23.5. The molecule has 0 spiro atoms. The molecule has 1 saturated heterocycles. The highest BCUT2D eigenvalue weighted by molar-refractivity contribution is 8.93. The van der Waals surface area contributed by atoms with Crippen molar-refractivity contribution < 1.29 is 9.59 Å². The van der Waals surface area contributed by atoms with Crippen molar-refractivity contribution in [3.8, 4) is 0 Å². The van der Waals surface area contributed by atoms with Gasteiger partial charge in [-0.3, -0.25) is 9.59 Å². The fourth-order valence-electron chi connectivity index (χ4n) is 5.90. The summed E-state index contributed by atoms with van der Waals surface area (Å²) in [5.41, 5.74) is 4.33. The predicted molar refractivity (Wildman–Crippen MR) is 158 cm³/mol. The molecular weight excluding hydrogens is 584 g/mol. The third-order valence-corrected chi connectivity index (χ3v) is 7.79. The number of carbonyl (C=O) groups is 2. The maximum Gasteiger partial charge on any atom is 0.257 e. The lowest BCUT2D eigenvalue weighted by Crippen LogP contribution is -2.49. The van der Waals surface area contributed by atoms with E-state index in [1.54, 1.807) is 11.9 Å². The van der Waals surface area contributed by atoms with Gasteiger partial charge in [0, 0.05) is 37.1 Å². The second-order valence-electron chi connectivity index (χ2n) is 10.2. The van der Waals surface area contributed by atoms with Crippen LogP contribution in [0.5, 0.6) is 0 Å². The van der Waals surface area contributed by atoms with Crippen molar-refractivity contribution in [1.29, 1.82) is 0 Å². The molecule has 0 atom stereocenters. The first-order chi connectivity index (χ1) is 16.5. The normalized spacial score (nSPS) is 19.0. The van der Waals surface area contributed by atoms with Gasteiger partial charge in [0.25, 0.3) is 5.91 Å². The van der Waals surface area contributed by atoms with Gasteiger partial charge in [-0.1, -0.05) is 37.5 Å². The average Bonchev–Trinajstić information content (AvgIpc) is 3.35. The summed E-state index contributed by atoms with van der Waals surface area (Å²) in [5, 5.41) is 6.94. The molecule has 2 aliphatic heterocycles. The maximum atomic E-state index is 13.4. The molecule has 1 aliphatic carbocycles. The van der Waals surface area contributed by atoms with Gasteiger partial charge in [-0.15, -0.1) is 34.0 Å². The number of nitrogens with one attached hydrogen (secondary N) is 2. The number of hydrogen-bond acceptors (Lipinski definition) is 4. The topological polar surface area (TPSA) is 64.7 Å². The third-order valence-electron chi connectivity index (χ3n) is 7.79. The molecular formula is C28H38Br2N4O2. The molecule has 0 aromatic heterocycles. The molecule has 5 rings (SSSR count). The molecule has 196 valence electrons. The minimum absolute atomic E-state index is 0. The number of carbonyl (C=O) groups excluding carboxylic acids is 2. The lowest BCUT2D eigenvalue weighted by atomic mass is 9.80. The van der Waals surface area contributed by atoms with Gasteiger partial charge in [-0.2, -0.15) is 0 Å². The summed E-state index contributed by atoms with van der Waals surface area (Å²) in [5.74, 6) is -0.0127. The Morgan fingerprint density at radius 1 is 0.944 bits per heavy atom. The quantitative estimate of drug-likeness (QED) is 0.402. The number of benzene rings is 2. The Balaban J connectivity index is 0.00000180. The van der Waals surface area contributed by atoms with Crippen molar-refractivity contribution in [2.24, 2.45) is 0 Å². The first-order valence-electron chi connectivity index (χ1n) is 12.8. The number of halogens is 2. The van der Waals surface area contributed by atoms with Gasteiger partial charge < -0.3 is 20.4 Å². The van der Waals surface area contributed by atoms with Crippen molar-refractivity contribution in [2.45, 2.75) is 63.3 Å². The highest BCUT2D eigenvalue weighted by atomic mass is 79.9. The van der Waals surface area contributed by atoms with E-state index in [0.29, 0.717) is 17.7 Å². The van der Waals surface area contributed by atoms with Gasteiger partial charge in [0.05, 0.1) is 11.1 Å². The Hall–Kier alpha value is -1.90. The predicted octanol–water partition coefficient (Wildman–Crippen LogP) is 6.21. The summed E-state index contributed by atoms with van der Waals surface area (Å²) < 4.78 is 0. The Labute approximate surface area is 235 Å². The van der Waals surface area contributed by atoms with E-state index in [0.717, 1.165) is 42.7 Å². The van der Waals surface area contributed by atoms with E-state index in [4.69, 9.17) is 0 Å². The molecule has 0 unspecified atom stereocenters. The van der Waals surface area contributed by atoms with E-state index >= 15 is 0 Å². The van der Waals surface area contributed by atoms with Crippen LogP contribution in [0.2, 0.25) is 0 Å². The molecule has 2 aromatic rings. The zero-order valence-electron chi connectivity index (χ0n) is 21.1. The molecule has 8 heteroatoms. The van der Waals surface area contributed by atoms with Crippen molar-refractivity contribution in [1.82, 2.24) is 4.90 Å². The third kappa shape index (κ3) is 6.32. The smallest absolute Gasteiger partial charge is 0.257 e. The molecule has 3 aliphatic rings. The van der Waals surface area contributed by atoms with Crippen LogP contribution < -0.4 is 15.5 Å². The number of para-hydroxylation sites is 1. The Kier molecular flexibility index (Phi) is 10.0. The van der Waals surface area contributed by atoms with Gasteiger partial charge in [0.15, 0.2) is 0 Å². The molecule has 0 bridgehead atoms. The van der Waals surface area contributed by atoms with Crippen molar-refractivity contribution in [3.63, 3.8) is 0 Å². The summed E-state index contributed by atoms with van der Waals surface area (Å²) in [6, 6.07) is 13.7.